The van der Waals surface area contributed by atoms with E-state index in [0.717, 1.165) is 11.3 Å². The minimum atomic E-state index is 0.380. The third-order valence-electron chi connectivity index (χ3n) is 0.837. The van der Waals surface area contributed by atoms with Gasteiger partial charge >= 0.3 is 0 Å². The van der Waals surface area contributed by atoms with Gasteiger partial charge in [0.05, 0.1) is 0 Å². The zero-order valence-electron chi connectivity index (χ0n) is 6.10. The molecular weight excluding hydrogens is 135 g/mol. The summed E-state index contributed by atoms with van der Waals surface area (Å²) >= 11 is 0. The van der Waals surface area contributed by atoms with Crippen LogP contribution in [0, 0.1) is 0 Å². The fraction of sp³-hybridized carbons (Fsp3) is 0.667. The molecule has 1 atom stereocenters. The molecule has 1 aliphatic rings. The van der Waals surface area contributed by atoms with Gasteiger partial charge in [-0.05, 0) is 6.92 Å². The van der Waals surface area contributed by atoms with Crippen LogP contribution in [-0.2, 0) is 9.47 Å². The Kier molecular flexibility index (Phi) is 4.51. The van der Waals surface area contributed by atoms with E-state index in [4.69, 9.17) is 9.47 Å². The van der Waals surface area contributed by atoms with Crippen LogP contribution in [0.25, 0.3) is 0 Å². The van der Waals surface area contributed by atoms with Crippen LogP contribution in [0.15, 0.2) is 11.3 Å². The SMILES string of the molecule is CC.CC1=C(P)OCO1. The van der Waals surface area contributed by atoms with Crippen molar-refractivity contribution in [3.8, 4) is 0 Å². The van der Waals surface area contributed by atoms with Gasteiger partial charge in [0.25, 0.3) is 0 Å². The minimum Gasteiger partial charge on any atom is -0.458 e. The summed E-state index contributed by atoms with van der Waals surface area (Å²) < 4.78 is 9.79. The van der Waals surface area contributed by atoms with Crippen LogP contribution in [0.4, 0.5) is 0 Å². The lowest BCUT2D eigenvalue weighted by Crippen LogP contribution is -1.79. The lowest BCUT2D eigenvalue weighted by Gasteiger charge is -1.87. The van der Waals surface area contributed by atoms with E-state index in [1.807, 2.05) is 20.8 Å². The molecule has 3 heteroatoms. The van der Waals surface area contributed by atoms with Gasteiger partial charge in [-0.25, -0.2) is 0 Å². The van der Waals surface area contributed by atoms with Gasteiger partial charge in [0.15, 0.2) is 5.50 Å². The van der Waals surface area contributed by atoms with Crippen LogP contribution >= 0.6 is 9.24 Å². The van der Waals surface area contributed by atoms with Crippen molar-refractivity contribution >= 4 is 9.24 Å². The van der Waals surface area contributed by atoms with E-state index in [9.17, 15) is 0 Å². The molecular formula is C6H13O2P. The Bertz CT molecular complexity index is 97.6. The molecule has 0 aromatic heterocycles. The minimum absolute atomic E-state index is 0.380. The smallest absolute Gasteiger partial charge is 0.230 e. The average Bonchev–Trinajstić information content (AvgIpc) is 2.23. The molecule has 1 unspecified atom stereocenters. The predicted octanol–water partition coefficient (Wildman–Crippen LogP) is 2.08. The molecule has 0 aromatic carbocycles. The van der Waals surface area contributed by atoms with Crippen molar-refractivity contribution in [2.75, 3.05) is 6.79 Å². The van der Waals surface area contributed by atoms with E-state index < -0.39 is 0 Å². The van der Waals surface area contributed by atoms with Crippen LogP contribution in [-0.4, -0.2) is 6.79 Å². The van der Waals surface area contributed by atoms with Crippen molar-refractivity contribution in [3.05, 3.63) is 11.3 Å². The van der Waals surface area contributed by atoms with Crippen molar-refractivity contribution in [2.24, 2.45) is 0 Å². The molecule has 0 aliphatic carbocycles. The molecule has 0 bridgehead atoms. The Morgan fingerprint density at radius 1 is 1.33 bits per heavy atom. The first-order chi connectivity index (χ1) is 4.30. The Morgan fingerprint density at radius 2 is 1.89 bits per heavy atom. The second-order valence-electron chi connectivity index (χ2n) is 1.33. The van der Waals surface area contributed by atoms with Gasteiger partial charge < -0.3 is 9.47 Å². The van der Waals surface area contributed by atoms with Gasteiger partial charge in [0, 0.05) is 0 Å². The predicted molar refractivity (Wildman–Crippen MR) is 40.8 cm³/mol. The number of ether oxygens (including phenoxy) is 2. The molecule has 1 aliphatic heterocycles. The van der Waals surface area contributed by atoms with Crippen LogP contribution in [0.5, 0.6) is 0 Å². The summed E-state index contributed by atoms with van der Waals surface area (Å²) in [7, 11) is 2.44. The number of rotatable bonds is 0. The third-order valence-corrected chi connectivity index (χ3v) is 1.41. The molecule has 1 rings (SSSR count). The number of hydrogen-bond acceptors (Lipinski definition) is 2. The Balaban J connectivity index is 0.000000291. The quantitative estimate of drug-likeness (QED) is 0.489. The highest BCUT2D eigenvalue weighted by Gasteiger charge is 2.05. The van der Waals surface area contributed by atoms with Crippen LogP contribution in [0.3, 0.4) is 0 Å². The molecule has 0 N–H and O–H groups in total. The molecule has 54 valence electrons. The van der Waals surface area contributed by atoms with Gasteiger partial charge in [-0.1, -0.05) is 23.1 Å². The van der Waals surface area contributed by atoms with Crippen LogP contribution in [0.2, 0.25) is 0 Å². The Hall–Kier alpha value is -0.230. The van der Waals surface area contributed by atoms with Gasteiger partial charge in [-0.2, -0.15) is 0 Å². The second kappa shape index (κ2) is 4.63. The molecule has 0 radical (unpaired) electrons. The highest BCUT2D eigenvalue weighted by Crippen LogP contribution is 2.20. The first kappa shape index (κ1) is 8.77. The first-order valence-electron chi connectivity index (χ1n) is 3.02. The molecule has 0 saturated heterocycles. The van der Waals surface area contributed by atoms with Gasteiger partial charge in [0.1, 0.15) is 5.76 Å². The van der Waals surface area contributed by atoms with E-state index >= 15 is 0 Å². The monoisotopic (exact) mass is 148 g/mol. The summed E-state index contributed by atoms with van der Waals surface area (Å²) in [5.74, 6) is 0.866. The second-order valence-corrected chi connectivity index (χ2v) is 1.85. The van der Waals surface area contributed by atoms with Crippen molar-refractivity contribution in [1.82, 2.24) is 0 Å². The maximum absolute atomic E-state index is 4.90. The summed E-state index contributed by atoms with van der Waals surface area (Å²) in [5.41, 5.74) is 0.819. The highest BCUT2D eigenvalue weighted by atomic mass is 31.0. The third kappa shape index (κ3) is 2.71. The van der Waals surface area contributed by atoms with E-state index in [-0.39, 0.29) is 0 Å². The number of allylic oxidation sites excluding steroid dienone is 1. The molecule has 9 heavy (non-hydrogen) atoms. The standard InChI is InChI=1S/C4H7O2P.C2H6/c1-3-4(7)6-2-5-3;1-2/h2,7H2,1H3;1-2H3. The zero-order valence-corrected chi connectivity index (χ0v) is 7.26. The molecule has 0 fully saturated rings. The summed E-state index contributed by atoms with van der Waals surface area (Å²) in [5, 5.41) is 0. The molecule has 0 amide bonds. The largest absolute Gasteiger partial charge is 0.458 e. The molecule has 0 aromatic rings. The van der Waals surface area contributed by atoms with E-state index in [2.05, 4.69) is 9.24 Å². The molecule has 2 nitrogen and oxygen atoms in total. The summed E-state index contributed by atoms with van der Waals surface area (Å²) in [4.78, 5) is 0. The Morgan fingerprint density at radius 3 is 2.00 bits per heavy atom. The van der Waals surface area contributed by atoms with Crippen LogP contribution in [0.1, 0.15) is 20.8 Å². The van der Waals surface area contributed by atoms with Crippen LogP contribution < -0.4 is 0 Å². The molecule has 1 heterocycles. The van der Waals surface area contributed by atoms with Gasteiger partial charge in [-0.3, -0.25) is 0 Å². The average molecular weight is 148 g/mol. The van der Waals surface area contributed by atoms with Crippen molar-refractivity contribution in [3.63, 3.8) is 0 Å². The van der Waals surface area contributed by atoms with Gasteiger partial charge in [0.2, 0.25) is 6.79 Å². The van der Waals surface area contributed by atoms with Crippen molar-refractivity contribution < 1.29 is 9.47 Å². The topological polar surface area (TPSA) is 18.5 Å². The number of hydrogen-bond donors (Lipinski definition) is 0. The maximum atomic E-state index is 4.90. The Labute approximate surface area is 58.4 Å². The summed E-state index contributed by atoms with van der Waals surface area (Å²) in [6, 6.07) is 0. The summed E-state index contributed by atoms with van der Waals surface area (Å²) in [6.45, 7) is 6.25. The lowest BCUT2D eigenvalue weighted by atomic mass is 10.6. The molecule has 0 spiro atoms. The zero-order chi connectivity index (χ0) is 7.28. The van der Waals surface area contributed by atoms with Crippen molar-refractivity contribution in [1.29, 1.82) is 0 Å². The first-order valence-corrected chi connectivity index (χ1v) is 3.60. The molecule has 0 saturated carbocycles. The fourth-order valence-corrected chi connectivity index (χ4v) is 0.505. The lowest BCUT2D eigenvalue weighted by molar-refractivity contribution is 0.0785. The summed E-state index contributed by atoms with van der Waals surface area (Å²) in [6.07, 6.45) is 0. The van der Waals surface area contributed by atoms with E-state index in [1.54, 1.807) is 0 Å². The van der Waals surface area contributed by atoms with Crippen molar-refractivity contribution in [2.45, 2.75) is 20.8 Å². The normalized spacial score (nSPS) is 15.6. The van der Waals surface area contributed by atoms with E-state index in [1.165, 1.54) is 0 Å². The maximum Gasteiger partial charge on any atom is 0.230 e. The van der Waals surface area contributed by atoms with Gasteiger partial charge in [-0.15, -0.1) is 0 Å². The highest BCUT2D eigenvalue weighted by molar-refractivity contribution is 7.22. The van der Waals surface area contributed by atoms with E-state index in [0.29, 0.717) is 6.79 Å². The fourth-order valence-electron chi connectivity index (χ4n) is 0.354.